The van der Waals surface area contributed by atoms with Gasteiger partial charge in [-0.15, -0.1) is 11.8 Å². The van der Waals surface area contributed by atoms with E-state index in [0.717, 1.165) is 28.0 Å². The number of fused-ring (bicyclic) bond motifs is 2. The van der Waals surface area contributed by atoms with Gasteiger partial charge in [0.1, 0.15) is 21.9 Å². The fraction of sp³-hybridized carbons (Fsp3) is 0.625. The highest BCUT2D eigenvalue weighted by molar-refractivity contribution is 7.99. The first-order chi connectivity index (χ1) is 18.2. The van der Waals surface area contributed by atoms with Crippen molar-refractivity contribution < 1.29 is 23.9 Å². The van der Waals surface area contributed by atoms with E-state index in [9.17, 15) is 14.7 Å². The molecule has 1 N–H and O–H groups in total. The summed E-state index contributed by atoms with van der Waals surface area (Å²) >= 11 is 2.81. The number of aliphatic hydroxyl groups excluding tert-OH is 1. The molecule has 11 nitrogen and oxygen atoms in total. The van der Waals surface area contributed by atoms with Gasteiger partial charge in [0.2, 0.25) is 11.0 Å². The maximum atomic E-state index is 13.0. The molecule has 4 heterocycles. The Kier molecular flexibility index (Phi) is 8.90. The van der Waals surface area contributed by atoms with Crippen LogP contribution in [0.2, 0.25) is 18.1 Å². The second kappa shape index (κ2) is 11.8. The summed E-state index contributed by atoms with van der Waals surface area (Å²) in [6.07, 6.45) is 4.13. The molecule has 2 aliphatic heterocycles. The number of hydrogen-bond acceptors (Lipinski definition) is 9. The van der Waals surface area contributed by atoms with Gasteiger partial charge in [-0.25, -0.2) is 9.78 Å². The molecule has 206 valence electrons. The van der Waals surface area contributed by atoms with Crippen LogP contribution in [-0.4, -0.2) is 70.1 Å². The minimum Gasteiger partial charge on any atom is -0.413 e. The molecule has 0 aliphatic carbocycles. The Hall–Kier alpha value is -2.35. The van der Waals surface area contributed by atoms with Crippen LogP contribution in [0.5, 0.6) is 5.06 Å². The molecule has 2 unspecified atom stereocenters. The van der Waals surface area contributed by atoms with Crippen molar-refractivity contribution in [2.45, 2.75) is 76.0 Å². The Balaban J connectivity index is 1.43. The van der Waals surface area contributed by atoms with Crippen LogP contribution < -0.4 is 4.74 Å². The lowest BCUT2D eigenvalue weighted by Gasteiger charge is -2.46. The van der Waals surface area contributed by atoms with Gasteiger partial charge in [-0.2, -0.15) is 0 Å². The van der Waals surface area contributed by atoms with Crippen LogP contribution in [0.15, 0.2) is 34.4 Å². The summed E-state index contributed by atoms with van der Waals surface area (Å²) in [6.45, 7) is 10.3. The van der Waals surface area contributed by atoms with E-state index >= 15 is 0 Å². The number of aliphatic hydroxyl groups is 1. The molecule has 0 bridgehead atoms. The summed E-state index contributed by atoms with van der Waals surface area (Å²) in [5.74, 6) is -0.799. The third-order valence-electron chi connectivity index (χ3n) is 7.59. The number of carbonyl (C=O) groups is 2. The lowest BCUT2D eigenvalue weighted by atomic mass is 9.79. The number of ether oxygens (including phenoxy) is 1. The molecule has 2 aromatic rings. The summed E-state index contributed by atoms with van der Waals surface area (Å²) in [6, 6.07) is 2.80. The van der Waals surface area contributed by atoms with E-state index in [4.69, 9.17) is 14.7 Å². The quantitative estimate of drug-likeness (QED) is 0.0682. The van der Waals surface area contributed by atoms with E-state index in [-0.39, 0.29) is 36.2 Å². The number of imidazole rings is 1. The van der Waals surface area contributed by atoms with Crippen LogP contribution in [0.1, 0.15) is 34.6 Å². The number of amides is 1. The van der Waals surface area contributed by atoms with Crippen molar-refractivity contribution in [1.29, 1.82) is 0 Å². The van der Waals surface area contributed by atoms with Gasteiger partial charge < -0.3 is 19.2 Å². The molecular formula is C24H34N6O5S2Si. The van der Waals surface area contributed by atoms with E-state index in [2.05, 4.69) is 35.8 Å². The Morgan fingerprint density at radius 3 is 2.71 bits per heavy atom. The van der Waals surface area contributed by atoms with Crippen LogP contribution in [0.25, 0.3) is 15.3 Å². The largest absolute Gasteiger partial charge is 0.413 e. The molecule has 1 fully saturated rings. The first-order valence-electron chi connectivity index (χ1n) is 12.9. The normalized spacial score (nSPS) is 22.5. The highest BCUT2D eigenvalue weighted by Gasteiger charge is 2.57. The number of thiazole rings is 1. The molecule has 4 rings (SSSR count). The number of β-lactam (4-membered cyclic amide) rings is 1. The third-order valence-corrected chi connectivity index (χ3v) is 14.5. The van der Waals surface area contributed by atoms with E-state index < -0.39 is 26.3 Å². The summed E-state index contributed by atoms with van der Waals surface area (Å²) in [4.78, 5) is 35.2. The highest BCUT2D eigenvalue weighted by atomic mass is 32.2. The van der Waals surface area contributed by atoms with Crippen LogP contribution in [0.3, 0.4) is 0 Å². The molecule has 0 aromatic carbocycles. The predicted octanol–water partition coefficient (Wildman–Crippen LogP) is 4.84. The van der Waals surface area contributed by atoms with Gasteiger partial charge >= 0.3 is 5.97 Å². The number of hydrogen-bond donors (Lipinski definition) is 1. The van der Waals surface area contributed by atoms with E-state index in [1.807, 2.05) is 6.92 Å². The number of aromatic nitrogens is 2. The van der Waals surface area contributed by atoms with Crippen molar-refractivity contribution in [3.8, 4) is 5.06 Å². The van der Waals surface area contributed by atoms with Gasteiger partial charge in [0, 0.05) is 10.7 Å². The Labute approximate surface area is 231 Å². The molecule has 1 amide bonds. The topological polar surface area (TPSA) is 142 Å². The average Bonchev–Trinajstić information content (AvgIpc) is 3.55. The Morgan fingerprint density at radius 2 is 2.08 bits per heavy atom. The van der Waals surface area contributed by atoms with Gasteiger partial charge in [0.15, 0.2) is 8.32 Å². The Bertz CT molecular complexity index is 1260. The smallest absolute Gasteiger partial charge is 0.360 e. The molecular weight excluding hydrogens is 545 g/mol. The summed E-state index contributed by atoms with van der Waals surface area (Å²) < 4.78 is 14.0. The minimum absolute atomic E-state index is 0.0449. The van der Waals surface area contributed by atoms with Gasteiger partial charge in [0.05, 0.1) is 36.9 Å². The second-order valence-electron chi connectivity index (χ2n) is 9.79. The zero-order chi connectivity index (χ0) is 27.6. The lowest BCUT2D eigenvalue weighted by Crippen LogP contribution is -2.63. The molecule has 5 atom stereocenters. The summed E-state index contributed by atoms with van der Waals surface area (Å²) in [7, 11) is -1.88. The van der Waals surface area contributed by atoms with Crippen molar-refractivity contribution in [2.75, 3.05) is 12.3 Å². The van der Waals surface area contributed by atoms with Crippen molar-refractivity contribution in [3.63, 3.8) is 0 Å². The minimum atomic E-state index is -1.88. The van der Waals surface area contributed by atoms with Gasteiger partial charge in [-0.3, -0.25) is 9.20 Å². The number of nitrogens with zero attached hydrogens (tertiary/aromatic N) is 6. The van der Waals surface area contributed by atoms with E-state index in [0.29, 0.717) is 10.8 Å². The average molecular weight is 579 g/mol. The van der Waals surface area contributed by atoms with Crippen LogP contribution in [0, 0.1) is 11.8 Å². The summed E-state index contributed by atoms with van der Waals surface area (Å²) in [5, 5.41) is 14.9. The zero-order valence-electron chi connectivity index (χ0n) is 22.2. The maximum Gasteiger partial charge on any atom is 0.360 e. The fourth-order valence-electron chi connectivity index (χ4n) is 5.28. The van der Waals surface area contributed by atoms with Crippen LogP contribution in [-0.2, 0) is 14.0 Å². The number of rotatable bonds is 13. The predicted molar refractivity (Wildman–Crippen MR) is 149 cm³/mol. The molecule has 14 heteroatoms. The fourth-order valence-corrected chi connectivity index (χ4v) is 10.3. The zero-order valence-corrected chi connectivity index (χ0v) is 24.9. The molecule has 0 spiro atoms. The van der Waals surface area contributed by atoms with E-state index in [1.165, 1.54) is 28.0 Å². The highest BCUT2D eigenvalue weighted by Crippen LogP contribution is 2.44. The monoisotopic (exact) mass is 578 g/mol. The second-order valence-corrected chi connectivity index (χ2v) is 16.5. The lowest BCUT2D eigenvalue weighted by molar-refractivity contribution is -0.162. The third kappa shape index (κ3) is 5.38. The van der Waals surface area contributed by atoms with Gasteiger partial charge in [-0.1, -0.05) is 44.1 Å². The van der Waals surface area contributed by atoms with Crippen LogP contribution in [0.4, 0.5) is 0 Å². The number of esters is 1. The van der Waals surface area contributed by atoms with E-state index in [1.54, 1.807) is 29.9 Å². The Morgan fingerprint density at radius 1 is 1.37 bits per heavy atom. The van der Waals surface area contributed by atoms with Crippen molar-refractivity contribution in [3.05, 3.63) is 34.7 Å². The summed E-state index contributed by atoms with van der Waals surface area (Å²) in [5.41, 5.74) is 9.07. The number of carbonyl (C=O) groups excluding carboxylic acids is 2. The standard InChI is InChI=1S/C24H34N6O5S2Si/c1-6-38(7-2,8-3)35-16(10-27-28-25)12-36-21-23-29(13-26-21)11-18(37-23)34-24(33)17-9-14(4)20-19(15(5)31)22(32)30(17)20/h9,11,13-16,19-20,31H,6-8,10,12H2,1-5H3/t14?,15-,16-,19?,20-/m1/s1. The molecule has 0 radical (unpaired) electrons. The first kappa shape index (κ1) is 28.6. The van der Waals surface area contributed by atoms with Crippen molar-refractivity contribution in [2.24, 2.45) is 17.0 Å². The molecule has 2 aliphatic rings. The SMILES string of the molecule is CC[Si](CC)(CC)O[C@H](CN=[N+]=[N-])CSc1ncn2cc(OC(=O)C3=CC(C)[C@@H]4C([C@@H](C)O)C(=O)N34)sc12. The van der Waals surface area contributed by atoms with Crippen LogP contribution >= 0.6 is 23.1 Å². The molecule has 1 saturated heterocycles. The molecule has 0 saturated carbocycles. The molecule has 2 aromatic heterocycles. The van der Waals surface area contributed by atoms with Crippen molar-refractivity contribution in [1.82, 2.24) is 14.3 Å². The van der Waals surface area contributed by atoms with Gasteiger partial charge in [-0.05, 0) is 42.6 Å². The first-order valence-corrected chi connectivity index (χ1v) is 17.2. The number of thioether (sulfide) groups is 1. The number of azide groups is 1. The maximum absolute atomic E-state index is 13.0. The van der Waals surface area contributed by atoms with Crippen molar-refractivity contribution >= 4 is 48.1 Å². The molecule has 38 heavy (non-hydrogen) atoms. The van der Waals surface area contributed by atoms with Gasteiger partial charge in [0.25, 0.3) is 0 Å².